The van der Waals surface area contributed by atoms with E-state index in [1.54, 1.807) is 14.0 Å². The summed E-state index contributed by atoms with van der Waals surface area (Å²) in [7, 11) is -1.66. The third-order valence-electron chi connectivity index (χ3n) is 3.01. The van der Waals surface area contributed by atoms with Gasteiger partial charge >= 0.3 is 0 Å². The predicted molar refractivity (Wildman–Crippen MR) is 63.7 cm³/mol. The Kier molecular flexibility index (Phi) is 5.17. The summed E-state index contributed by atoms with van der Waals surface area (Å²) in [4.78, 5) is 0. The molecule has 0 aromatic rings. The molecule has 1 fully saturated rings. The summed E-state index contributed by atoms with van der Waals surface area (Å²) in [6.07, 6.45) is 3.17. The molecule has 0 amide bonds. The lowest BCUT2D eigenvalue weighted by Gasteiger charge is -2.28. The molecule has 16 heavy (non-hydrogen) atoms. The second kappa shape index (κ2) is 5.95. The van der Waals surface area contributed by atoms with E-state index < -0.39 is 15.3 Å². The first kappa shape index (κ1) is 13.9. The molecule has 96 valence electrons. The molecule has 0 bridgehead atoms. The van der Waals surface area contributed by atoms with Crippen molar-refractivity contribution in [1.29, 1.82) is 0 Å². The molecule has 0 radical (unpaired) electrons. The standard InChI is InChI=1S/C10H22N2O3S/c1-9(7-11)16(13,14)12(2)8-10-5-3-4-6-15-10/h9-10H,3-8,11H2,1-2H3. The third-order valence-corrected chi connectivity index (χ3v) is 5.24. The smallest absolute Gasteiger partial charge is 0.217 e. The number of likely N-dealkylation sites (N-methyl/N-ethyl adjacent to an activating group) is 1. The van der Waals surface area contributed by atoms with Crippen LogP contribution in [0.5, 0.6) is 0 Å². The van der Waals surface area contributed by atoms with Crippen LogP contribution in [0.4, 0.5) is 0 Å². The van der Waals surface area contributed by atoms with E-state index in [1.807, 2.05) is 0 Å². The topological polar surface area (TPSA) is 72.6 Å². The Bertz CT molecular complexity index is 299. The van der Waals surface area contributed by atoms with Crippen molar-refractivity contribution in [1.82, 2.24) is 4.31 Å². The number of nitrogens with two attached hydrogens (primary N) is 1. The van der Waals surface area contributed by atoms with Crippen molar-refractivity contribution in [3.05, 3.63) is 0 Å². The van der Waals surface area contributed by atoms with E-state index >= 15 is 0 Å². The van der Waals surface area contributed by atoms with E-state index in [9.17, 15) is 8.42 Å². The lowest BCUT2D eigenvalue weighted by molar-refractivity contribution is 0.00851. The summed E-state index contributed by atoms with van der Waals surface area (Å²) < 4.78 is 30.7. The van der Waals surface area contributed by atoms with Gasteiger partial charge in [0.2, 0.25) is 10.0 Å². The van der Waals surface area contributed by atoms with Crippen LogP contribution in [0, 0.1) is 0 Å². The highest BCUT2D eigenvalue weighted by atomic mass is 32.2. The van der Waals surface area contributed by atoms with Crippen molar-refractivity contribution in [2.24, 2.45) is 5.73 Å². The van der Waals surface area contributed by atoms with Crippen LogP contribution >= 0.6 is 0 Å². The van der Waals surface area contributed by atoms with E-state index in [-0.39, 0.29) is 12.6 Å². The van der Waals surface area contributed by atoms with Crippen molar-refractivity contribution >= 4 is 10.0 Å². The minimum Gasteiger partial charge on any atom is -0.377 e. The highest BCUT2D eigenvalue weighted by Crippen LogP contribution is 2.15. The average molecular weight is 250 g/mol. The van der Waals surface area contributed by atoms with E-state index in [2.05, 4.69) is 0 Å². The van der Waals surface area contributed by atoms with Crippen molar-refractivity contribution in [2.75, 3.05) is 26.7 Å². The van der Waals surface area contributed by atoms with E-state index in [1.165, 1.54) is 4.31 Å². The van der Waals surface area contributed by atoms with Crippen molar-refractivity contribution in [3.8, 4) is 0 Å². The summed E-state index contributed by atoms with van der Waals surface area (Å²) >= 11 is 0. The summed E-state index contributed by atoms with van der Waals surface area (Å²) in [5.74, 6) is 0. The molecule has 0 aromatic carbocycles. The zero-order valence-corrected chi connectivity index (χ0v) is 10.9. The van der Waals surface area contributed by atoms with Crippen LogP contribution in [0.25, 0.3) is 0 Å². The fourth-order valence-corrected chi connectivity index (χ4v) is 3.00. The highest BCUT2D eigenvalue weighted by molar-refractivity contribution is 7.89. The van der Waals surface area contributed by atoms with Gasteiger partial charge in [0.05, 0.1) is 11.4 Å². The van der Waals surface area contributed by atoms with Gasteiger partial charge in [0.1, 0.15) is 0 Å². The second-order valence-electron chi connectivity index (χ2n) is 4.36. The SMILES string of the molecule is CC(CN)S(=O)(=O)N(C)CC1CCCCO1. The summed E-state index contributed by atoms with van der Waals surface area (Å²) in [6, 6.07) is 0. The van der Waals surface area contributed by atoms with Crippen LogP contribution < -0.4 is 5.73 Å². The van der Waals surface area contributed by atoms with E-state index in [0.29, 0.717) is 6.54 Å². The molecule has 1 heterocycles. The zero-order valence-electron chi connectivity index (χ0n) is 10.1. The molecule has 1 saturated heterocycles. The third kappa shape index (κ3) is 3.41. The molecular weight excluding hydrogens is 228 g/mol. The molecule has 2 unspecified atom stereocenters. The Morgan fingerprint density at radius 3 is 2.69 bits per heavy atom. The van der Waals surface area contributed by atoms with Crippen molar-refractivity contribution in [3.63, 3.8) is 0 Å². The largest absolute Gasteiger partial charge is 0.377 e. The first-order valence-corrected chi connectivity index (χ1v) is 7.25. The molecule has 1 aliphatic rings. The Hall–Kier alpha value is -0.170. The van der Waals surface area contributed by atoms with Crippen LogP contribution in [0.15, 0.2) is 0 Å². The van der Waals surface area contributed by atoms with E-state index in [0.717, 1.165) is 25.9 Å². The minimum atomic E-state index is -3.26. The van der Waals surface area contributed by atoms with Crippen LogP contribution in [-0.2, 0) is 14.8 Å². The van der Waals surface area contributed by atoms with Gasteiger partial charge < -0.3 is 10.5 Å². The summed E-state index contributed by atoms with van der Waals surface area (Å²) in [6.45, 7) is 2.96. The lowest BCUT2D eigenvalue weighted by atomic mass is 10.1. The maximum absolute atomic E-state index is 11.9. The molecule has 5 nitrogen and oxygen atoms in total. The fourth-order valence-electron chi connectivity index (χ4n) is 1.77. The molecule has 1 rings (SSSR count). The van der Waals surface area contributed by atoms with Gasteiger partial charge in [-0.2, -0.15) is 0 Å². The maximum atomic E-state index is 11.9. The molecule has 0 saturated carbocycles. The van der Waals surface area contributed by atoms with Crippen LogP contribution in [-0.4, -0.2) is 50.8 Å². The highest BCUT2D eigenvalue weighted by Gasteiger charge is 2.27. The van der Waals surface area contributed by atoms with Crippen LogP contribution in [0.3, 0.4) is 0 Å². The molecule has 0 spiro atoms. The van der Waals surface area contributed by atoms with Crippen LogP contribution in [0.1, 0.15) is 26.2 Å². The van der Waals surface area contributed by atoms with Crippen molar-refractivity contribution in [2.45, 2.75) is 37.5 Å². The number of ether oxygens (including phenoxy) is 1. The van der Waals surface area contributed by atoms with Crippen LogP contribution in [0.2, 0.25) is 0 Å². The molecule has 1 aliphatic heterocycles. The van der Waals surface area contributed by atoms with Gasteiger partial charge in [0.15, 0.2) is 0 Å². The summed E-state index contributed by atoms with van der Waals surface area (Å²) in [5, 5.41) is -0.527. The number of hydrogen-bond donors (Lipinski definition) is 1. The maximum Gasteiger partial charge on any atom is 0.217 e. The number of rotatable bonds is 5. The minimum absolute atomic E-state index is 0.0403. The Balaban J connectivity index is 2.53. The van der Waals surface area contributed by atoms with E-state index in [4.69, 9.17) is 10.5 Å². The van der Waals surface area contributed by atoms with Gasteiger partial charge in [0.25, 0.3) is 0 Å². The van der Waals surface area contributed by atoms with Gasteiger partial charge in [-0.15, -0.1) is 0 Å². The van der Waals surface area contributed by atoms with Gasteiger partial charge in [-0.25, -0.2) is 12.7 Å². The summed E-state index contributed by atoms with van der Waals surface area (Å²) in [5.41, 5.74) is 5.39. The number of nitrogens with zero attached hydrogens (tertiary/aromatic N) is 1. The quantitative estimate of drug-likeness (QED) is 0.754. The predicted octanol–water partition coefficient (Wildman–Crippen LogP) is 0.164. The average Bonchev–Trinajstić information content (AvgIpc) is 2.29. The number of hydrogen-bond acceptors (Lipinski definition) is 4. The van der Waals surface area contributed by atoms with Crippen molar-refractivity contribution < 1.29 is 13.2 Å². The monoisotopic (exact) mass is 250 g/mol. The second-order valence-corrected chi connectivity index (χ2v) is 6.82. The number of sulfonamides is 1. The molecule has 6 heteroatoms. The van der Waals surface area contributed by atoms with Gasteiger partial charge in [-0.05, 0) is 26.2 Å². The Morgan fingerprint density at radius 1 is 1.50 bits per heavy atom. The zero-order chi connectivity index (χ0) is 12.2. The Labute approximate surface area is 98.0 Å². The first-order chi connectivity index (χ1) is 7.48. The molecular formula is C10H22N2O3S. The van der Waals surface area contributed by atoms with Gasteiger partial charge in [-0.1, -0.05) is 0 Å². The lowest BCUT2D eigenvalue weighted by Crippen LogP contribution is -2.43. The molecule has 0 aliphatic carbocycles. The molecule has 0 aromatic heterocycles. The first-order valence-electron chi connectivity index (χ1n) is 5.75. The normalized spacial score (nSPS) is 24.6. The fraction of sp³-hybridized carbons (Fsp3) is 1.00. The van der Waals surface area contributed by atoms with Gasteiger partial charge in [-0.3, -0.25) is 0 Å². The molecule has 2 N–H and O–H groups in total. The molecule has 2 atom stereocenters. The Morgan fingerprint density at radius 2 is 2.19 bits per heavy atom. The van der Waals surface area contributed by atoms with Gasteiger partial charge in [0, 0.05) is 26.7 Å².